The Bertz CT molecular complexity index is 1250. The fourth-order valence-corrected chi connectivity index (χ4v) is 3.91. The molecule has 0 N–H and O–H groups in total. The van der Waals surface area contributed by atoms with Gasteiger partial charge in [-0.05, 0) is 24.0 Å². The molecule has 0 aliphatic heterocycles. The molecule has 0 spiro atoms. The summed E-state index contributed by atoms with van der Waals surface area (Å²) in [5, 5.41) is 0.545. The molecule has 0 aromatic carbocycles. The quantitative estimate of drug-likeness (QED) is 0.312. The van der Waals surface area contributed by atoms with Gasteiger partial charge in [0.15, 0.2) is 5.82 Å². The molecule has 0 aliphatic rings. The van der Waals surface area contributed by atoms with E-state index in [4.69, 9.17) is 0 Å². The molecule has 4 rings (SSSR count). The summed E-state index contributed by atoms with van der Waals surface area (Å²) in [6, 6.07) is 2.71. The molecule has 0 bridgehead atoms. The number of thioether (sulfide) groups is 1. The van der Waals surface area contributed by atoms with Gasteiger partial charge in [0, 0.05) is 13.2 Å². The third kappa shape index (κ3) is 3.38. The van der Waals surface area contributed by atoms with E-state index in [1.165, 1.54) is 26.9 Å². The lowest BCUT2D eigenvalue weighted by molar-refractivity contribution is -0.141. The van der Waals surface area contributed by atoms with Crippen molar-refractivity contribution < 1.29 is 26.3 Å². The van der Waals surface area contributed by atoms with Crippen LogP contribution in [-0.4, -0.2) is 29.7 Å². The third-order valence-corrected chi connectivity index (χ3v) is 5.41. The minimum absolute atomic E-state index is 0.0651. The molecule has 5 nitrogen and oxygen atoms in total. The van der Waals surface area contributed by atoms with Gasteiger partial charge in [0.1, 0.15) is 22.1 Å². The van der Waals surface area contributed by atoms with Crippen molar-refractivity contribution in [2.45, 2.75) is 24.3 Å². The first-order chi connectivity index (χ1) is 14.0. The van der Waals surface area contributed by atoms with E-state index in [-0.39, 0.29) is 22.7 Å². The molecule has 0 unspecified atom stereocenters. The van der Waals surface area contributed by atoms with E-state index in [0.29, 0.717) is 16.3 Å². The van der Waals surface area contributed by atoms with Gasteiger partial charge in [-0.2, -0.15) is 26.3 Å². The largest absolute Gasteiger partial charge is 0.433 e. The predicted octanol–water partition coefficient (Wildman–Crippen LogP) is 5.43. The van der Waals surface area contributed by atoms with E-state index in [1.54, 1.807) is 7.05 Å². The first-order valence-corrected chi connectivity index (χ1v) is 9.61. The molecule has 30 heavy (non-hydrogen) atoms. The monoisotopic (exact) mass is 445 g/mol. The van der Waals surface area contributed by atoms with Crippen molar-refractivity contribution in [3.8, 4) is 11.5 Å². The van der Waals surface area contributed by atoms with E-state index in [9.17, 15) is 26.3 Å². The molecule has 4 aromatic heterocycles. The molecule has 158 valence electrons. The number of nitrogens with zero attached hydrogens (tertiary/aromatic N) is 5. The topological polar surface area (TPSA) is 48.0 Å². The van der Waals surface area contributed by atoms with Crippen molar-refractivity contribution in [2.75, 3.05) is 5.75 Å². The summed E-state index contributed by atoms with van der Waals surface area (Å²) in [6.07, 6.45) is -6.80. The van der Waals surface area contributed by atoms with Gasteiger partial charge in [0.25, 0.3) is 0 Å². The second-order valence-electron chi connectivity index (χ2n) is 6.39. The van der Waals surface area contributed by atoms with Crippen molar-refractivity contribution in [2.24, 2.45) is 7.05 Å². The number of aryl methyl sites for hydroxylation is 1. The second-order valence-corrected chi connectivity index (χ2v) is 7.64. The Balaban J connectivity index is 1.94. The molecule has 0 saturated heterocycles. The van der Waals surface area contributed by atoms with Gasteiger partial charge in [-0.15, -0.1) is 11.8 Å². The van der Waals surface area contributed by atoms with Crippen molar-refractivity contribution in [1.29, 1.82) is 0 Å². The van der Waals surface area contributed by atoms with Crippen LogP contribution >= 0.6 is 11.8 Å². The van der Waals surface area contributed by atoms with Crippen LogP contribution in [0.15, 0.2) is 35.6 Å². The van der Waals surface area contributed by atoms with E-state index >= 15 is 0 Å². The van der Waals surface area contributed by atoms with Crippen LogP contribution in [0.5, 0.6) is 0 Å². The molecule has 0 atom stereocenters. The number of imidazole rings is 2. The summed E-state index contributed by atoms with van der Waals surface area (Å²) in [5.74, 6) is 0.838. The maximum Gasteiger partial charge on any atom is 0.433 e. The van der Waals surface area contributed by atoms with Crippen LogP contribution in [0.25, 0.3) is 28.2 Å². The third-order valence-electron chi connectivity index (χ3n) is 4.46. The summed E-state index contributed by atoms with van der Waals surface area (Å²) in [6.45, 7) is 1.87. The van der Waals surface area contributed by atoms with Crippen molar-refractivity contribution in [1.82, 2.24) is 23.9 Å². The Labute approximate surface area is 169 Å². The highest BCUT2D eigenvalue weighted by atomic mass is 32.2. The van der Waals surface area contributed by atoms with Gasteiger partial charge in [0.05, 0.1) is 22.8 Å². The fraction of sp³-hybridized carbons (Fsp3) is 0.278. The smallest absolute Gasteiger partial charge is 0.324 e. The SMILES string of the molecule is CCSc1c(-c2nc3cc(C(F)(F)F)ncc3n2C)nc2cc(C(F)(F)F)ccn12. The molecule has 0 radical (unpaired) electrons. The Morgan fingerprint density at radius 3 is 2.40 bits per heavy atom. The lowest BCUT2D eigenvalue weighted by atomic mass is 10.2. The summed E-state index contributed by atoms with van der Waals surface area (Å²) in [7, 11) is 1.59. The van der Waals surface area contributed by atoms with Crippen LogP contribution in [0.1, 0.15) is 18.2 Å². The number of aromatic nitrogens is 5. The molecule has 0 aliphatic carbocycles. The Morgan fingerprint density at radius 1 is 1.03 bits per heavy atom. The van der Waals surface area contributed by atoms with Crippen LogP contribution in [0.2, 0.25) is 0 Å². The van der Waals surface area contributed by atoms with Gasteiger partial charge in [-0.25, -0.2) is 15.0 Å². The molecule has 0 fully saturated rings. The van der Waals surface area contributed by atoms with Crippen LogP contribution < -0.4 is 0 Å². The van der Waals surface area contributed by atoms with Crippen LogP contribution in [-0.2, 0) is 19.4 Å². The average Bonchev–Trinajstić information content (AvgIpc) is 3.18. The Kier molecular flexibility index (Phi) is 4.71. The minimum atomic E-state index is -4.62. The van der Waals surface area contributed by atoms with Crippen molar-refractivity contribution in [3.63, 3.8) is 0 Å². The standard InChI is InChI=1S/C18H13F6N5S/c1-3-30-16-14(27-13-6-9(17(19,20)21)4-5-29(13)16)15-26-10-7-12(18(22,23)24)25-8-11(10)28(15)2/h4-8H,3H2,1-2H3. The highest BCUT2D eigenvalue weighted by molar-refractivity contribution is 7.99. The zero-order valence-electron chi connectivity index (χ0n) is 15.5. The minimum Gasteiger partial charge on any atom is -0.324 e. The van der Waals surface area contributed by atoms with Gasteiger partial charge in [-0.1, -0.05) is 6.92 Å². The molecule has 0 saturated carbocycles. The van der Waals surface area contributed by atoms with E-state index < -0.39 is 23.6 Å². The lowest BCUT2D eigenvalue weighted by Crippen LogP contribution is -2.07. The molecular formula is C18H13F6N5S. The number of pyridine rings is 2. The van der Waals surface area contributed by atoms with Crippen LogP contribution in [0.3, 0.4) is 0 Å². The normalized spacial score (nSPS) is 12.9. The molecule has 0 amide bonds. The Morgan fingerprint density at radius 2 is 1.77 bits per heavy atom. The van der Waals surface area contributed by atoms with Crippen molar-refractivity contribution in [3.05, 3.63) is 41.9 Å². The maximum absolute atomic E-state index is 13.1. The summed E-state index contributed by atoms with van der Waals surface area (Å²) in [4.78, 5) is 12.0. The van der Waals surface area contributed by atoms with Gasteiger partial charge < -0.3 is 4.57 Å². The first kappa shape index (κ1) is 20.5. The summed E-state index contributed by atoms with van der Waals surface area (Å²) < 4.78 is 81.2. The number of halogens is 6. The summed E-state index contributed by atoms with van der Waals surface area (Å²) in [5.41, 5.74) is -1.16. The average molecular weight is 445 g/mol. The van der Waals surface area contributed by atoms with Gasteiger partial charge >= 0.3 is 12.4 Å². The zero-order valence-corrected chi connectivity index (χ0v) is 16.3. The lowest BCUT2D eigenvalue weighted by Gasteiger charge is -2.07. The van der Waals surface area contributed by atoms with E-state index in [0.717, 1.165) is 24.4 Å². The summed E-state index contributed by atoms with van der Waals surface area (Å²) >= 11 is 1.34. The van der Waals surface area contributed by atoms with Crippen LogP contribution in [0, 0.1) is 0 Å². The highest BCUT2D eigenvalue weighted by Crippen LogP contribution is 2.36. The van der Waals surface area contributed by atoms with Gasteiger partial charge in [0.2, 0.25) is 0 Å². The Hall–Kier alpha value is -2.76. The number of fused-ring (bicyclic) bond motifs is 2. The number of rotatable bonds is 3. The fourth-order valence-electron chi connectivity index (χ4n) is 3.07. The molecule has 4 heterocycles. The molecule has 4 aromatic rings. The molecular weight excluding hydrogens is 432 g/mol. The zero-order chi connectivity index (χ0) is 21.8. The molecule has 12 heteroatoms. The van der Waals surface area contributed by atoms with E-state index in [2.05, 4.69) is 15.0 Å². The van der Waals surface area contributed by atoms with Gasteiger partial charge in [-0.3, -0.25) is 4.40 Å². The highest BCUT2D eigenvalue weighted by Gasteiger charge is 2.34. The maximum atomic E-state index is 13.1. The number of alkyl halides is 6. The predicted molar refractivity (Wildman–Crippen MR) is 99.1 cm³/mol. The first-order valence-electron chi connectivity index (χ1n) is 8.63. The number of hydrogen-bond acceptors (Lipinski definition) is 4. The van der Waals surface area contributed by atoms with E-state index in [1.807, 2.05) is 6.92 Å². The second kappa shape index (κ2) is 6.89. The van der Waals surface area contributed by atoms with Crippen molar-refractivity contribution >= 4 is 28.4 Å². The number of hydrogen-bond donors (Lipinski definition) is 0. The van der Waals surface area contributed by atoms with Crippen LogP contribution in [0.4, 0.5) is 26.3 Å².